The largest absolute Gasteiger partial charge is 0.482 e. The van der Waals surface area contributed by atoms with E-state index in [4.69, 9.17) is 27.8 Å². The number of primary amides is 2. The average Bonchev–Trinajstić information content (AvgIpc) is 2.35. The maximum Gasteiger partial charge on any atom is 0.241 e. The molecule has 0 saturated carbocycles. The Morgan fingerprint density at radius 2 is 1.53 bits per heavy atom. The number of rotatable bonds is 6. The molecular weight excluding hydrogens is 268 g/mol. The van der Waals surface area contributed by atoms with Crippen LogP contribution in [0.3, 0.4) is 0 Å². The monoisotopic (exact) mass is 280 g/mol. The fourth-order valence-electron chi connectivity index (χ4n) is 1.19. The van der Waals surface area contributed by atoms with Crippen molar-refractivity contribution in [2.24, 2.45) is 11.5 Å². The van der Waals surface area contributed by atoms with E-state index in [0.29, 0.717) is 10.8 Å². The van der Waals surface area contributed by atoms with Crippen LogP contribution in [0, 0.1) is 0 Å². The van der Waals surface area contributed by atoms with Crippen molar-refractivity contribution in [1.82, 2.24) is 0 Å². The van der Waals surface area contributed by atoms with Crippen molar-refractivity contribution in [3.05, 3.63) is 53.6 Å². The Morgan fingerprint density at radius 3 is 1.95 bits per heavy atom. The minimum Gasteiger partial charge on any atom is -0.482 e. The summed E-state index contributed by atoms with van der Waals surface area (Å²) in [6, 6.07) is 6.63. The first-order valence-corrected chi connectivity index (χ1v) is 5.72. The molecule has 0 atom stereocenters. The standard InChI is InChI=1S/C13H13ClN2O3/c14-9-1-3-10(4-2-9)19-11(5-7-12(15)17)6-8-13(16)18/h1-8,11H,(H2,15,17)(H2,16,18)/b7-5+,8-6+. The van der Waals surface area contributed by atoms with Gasteiger partial charge >= 0.3 is 0 Å². The van der Waals surface area contributed by atoms with Crippen LogP contribution in [-0.2, 0) is 9.59 Å². The summed E-state index contributed by atoms with van der Waals surface area (Å²) >= 11 is 5.75. The number of carbonyl (C=O) groups is 2. The van der Waals surface area contributed by atoms with Crippen LogP contribution in [0.5, 0.6) is 5.75 Å². The van der Waals surface area contributed by atoms with Crippen molar-refractivity contribution in [1.29, 1.82) is 0 Å². The molecule has 1 aromatic carbocycles. The fraction of sp³-hybridized carbons (Fsp3) is 0.0769. The van der Waals surface area contributed by atoms with Gasteiger partial charge in [0.25, 0.3) is 0 Å². The van der Waals surface area contributed by atoms with Gasteiger partial charge in [0.2, 0.25) is 11.8 Å². The number of hydrogen-bond donors (Lipinski definition) is 2. The lowest BCUT2D eigenvalue weighted by Crippen LogP contribution is -2.15. The summed E-state index contributed by atoms with van der Waals surface area (Å²) in [6.07, 6.45) is 4.48. The number of nitrogens with two attached hydrogens (primary N) is 2. The van der Waals surface area contributed by atoms with Crippen LogP contribution in [0.4, 0.5) is 0 Å². The summed E-state index contributed by atoms with van der Waals surface area (Å²) < 4.78 is 5.52. The van der Waals surface area contributed by atoms with Crippen molar-refractivity contribution in [3.8, 4) is 5.75 Å². The molecule has 0 unspecified atom stereocenters. The van der Waals surface area contributed by atoms with Gasteiger partial charge in [0, 0.05) is 17.2 Å². The van der Waals surface area contributed by atoms with Gasteiger partial charge in [-0.25, -0.2) is 0 Å². The predicted octanol–water partition coefficient (Wildman–Crippen LogP) is 1.17. The first kappa shape index (κ1) is 14.8. The molecule has 19 heavy (non-hydrogen) atoms. The van der Waals surface area contributed by atoms with Crippen LogP contribution < -0.4 is 16.2 Å². The third kappa shape index (κ3) is 6.28. The van der Waals surface area contributed by atoms with E-state index in [1.807, 2.05) is 0 Å². The first-order chi connectivity index (χ1) is 8.97. The second kappa shape index (κ2) is 7.23. The zero-order chi connectivity index (χ0) is 14.3. The Bertz CT molecular complexity index is 485. The molecule has 0 bridgehead atoms. The molecule has 0 aliphatic heterocycles. The Hall–Kier alpha value is -2.27. The summed E-state index contributed by atoms with van der Waals surface area (Å²) in [7, 11) is 0. The quantitative estimate of drug-likeness (QED) is 0.766. The number of carbonyl (C=O) groups excluding carboxylic acids is 2. The minimum absolute atomic E-state index is 0.526. The molecule has 5 nitrogen and oxygen atoms in total. The van der Waals surface area contributed by atoms with E-state index >= 15 is 0 Å². The summed E-state index contributed by atoms with van der Waals surface area (Å²) in [5, 5.41) is 0.573. The van der Waals surface area contributed by atoms with Gasteiger partial charge in [0.05, 0.1) is 0 Å². The van der Waals surface area contributed by atoms with Crippen molar-refractivity contribution in [2.45, 2.75) is 6.10 Å². The Kier molecular flexibility index (Phi) is 5.63. The van der Waals surface area contributed by atoms with E-state index < -0.39 is 17.9 Å². The van der Waals surface area contributed by atoms with Crippen LogP contribution in [-0.4, -0.2) is 17.9 Å². The highest BCUT2D eigenvalue weighted by Gasteiger charge is 2.04. The maximum absolute atomic E-state index is 10.7. The molecular formula is C13H13ClN2O3. The second-order valence-corrected chi connectivity index (χ2v) is 4.00. The van der Waals surface area contributed by atoms with Gasteiger partial charge in [-0.05, 0) is 36.4 Å². The second-order valence-electron chi connectivity index (χ2n) is 3.56. The molecule has 1 rings (SSSR count). The normalized spacial score (nSPS) is 11.3. The molecule has 0 aliphatic rings. The highest BCUT2D eigenvalue weighted by atomic mass is 35.5. The average molecular weight is 281 g/mol. The Morgan fingerprint density at radius 1 is 1.05 bits per heavy atom. The number of ether oxygens (including phenoxy) is 1. The van der Waals surface area contributed by atoms with Gasteiger partial charge in [0.1, 0.15) is 11.9 Å². The molecule has 0 fully saturated rings. The van der Waals surface area contributed by atoms with Crippen LogP contribution in [0.25, 0.3) is 0 Å². The molecule has 0 aromatic heterocycles. The van der Waals surface area contributed by atoms with Crippen LogP contribution in [0.15, 0.2) is 48.6 Å². The lowest BCUT2D eigenvalue weighted by atomic mass is 10.2. The lowest BCUT2D eigenvalue weighted by molar-refractivity contribution is -0.114. The first-order valence-electron chi connectivity index (χ1n) is 5.35. The Labute approximate surface area is 115 Å². The SMILES string of the molecule is NC(=O)/C=C/C(/C=C/C(N)=O)Oc1ccc(Cl)cc1. The molecule has 6 heteroatoms. The van der Waals surface area contributed by atoms with Gasteiger partial charge in [-0.3, -0.25) is 9.59 Å². The fourth-order valence-corrected chi connectivity index (χ4v) is 1.32. The zero-order valence-electron chi connectivity index (χ0n) is 9.95. The van der Waals surface area contributed by atoms with Crippen molar-refractivity contribution >= 4 is 23.4 Å². The molecule has 0 spiro atoms. The zero-order valence-corrected chi connectivity index (χ0v) is 10.7. The van der Waals surface area contributed by atoms with Crippen LogP contribution >= 0.6 is 11.6 Å². The van der Waals surface area contributed by atoms with E-state index in [2.05, 4.69) is 0 Å². The number of benzene rings is 1. The lowest BCUT2D eigenvalue weighted by Gasteiger charge is -2.11. The van der Waals surface area contributed by atoms with E-state index in [0.717, 1.165) is 12.2 Å². The number of hydrogen-bond acceptors (Lipinski definition) is 3. The van der Waals surface area contributed by atoms with Gasteiger partial charge in [0.15, 0.2) is 0 Å². The van der Waals surface area contributed by atoms with Crippen LogP contribution in [0.2, 0.25) is 5.02 Å². The maximum atomic E-state index is 10.7. The van der Waals surface area contributed by atoms with Gasteiger partial charge in [-0.1, -0.05) is 11.6 Å². The van der Waals surface area contributed by atoms with Crippen molar-refractivity contribution < 1.29 is 14.3 Å². The third-order valence-corrected chi connectivity index (χ3v) is 2.24. The highest BCUT2D eigenvalue weighted by Crippen LogP contribution is 2.17. The summed E-state index contributed by atoms with van der Waals surface area (Å²) in [4.78, 5) is 21.4. The smallest absolute Gasteiger partial charge is 0.241 e. The number of halogens is 1. The molecule has 0 saturated heterocycles. The van der Waals surface area contributed by atoms with Crippen LogP contribution in [0.1, 0.15) is 0 Å². The summed E-state index contributed by atoms with van der Waals surface area (Å²) in [6.45, 7) is 0. The summed E-state index contributed by atoms with van der Waals surface area (Å²) in [5.41, 5.74) is 9.99. The minimum atomic E-state index is -0.638. The highest BCUT2D eigenvalue weighted by molar-refractivity contribution is 6.30. The van der Waals surface area contributed by atoms with E-state index in [-0.39, 0.29) is 0 Å². The van der Waals surface area contributed by atoms with E-state index in [9.17, 15) is 9.59 Å². The summed E-state index contributed by atoms with van der Waals surface area (Å²) in [5.74, 6) is -0.702. The van der Waals surface area contributed by atoms with E-state index in [1.165, 1.54) is 12.2 Å². The van der Waals surface area contributed by atoms with E-state index in [1.54, 1.807) is 24.3 Å². The van der Waals surface area contributed by atoms with Crippen molar-refractivity contribution in [2.75, 3.05) is 0 Å². The molecule has 4 N–H and O–H groups in total. The van der Waals surface area contributed by atoms with Gasteiger partial charge in [-0.15, -0.1) is 0 Å². The van der Waals surface area contributed by atoms with Crippen molar-refractivity contribution in [3.63, 3.8) is 0 Å². The molecule has 0 aliphatic carbocycles. The topological polar surface area (TPSA) is 95.4 Å². The Balaban J connectivity index is 2.81. The van der Waals surface area contributed by atoms with Gasteiger partial charge in [-0.2, -0.15) is 0 Å². The van der Waals surface area contributed by atoms with Gasteiger partial charge < -0.3 is 16.2 Å². The predicted molar refractivity (Wildman–Crippen MR) is 72.5 cm³/mol. The molecule has 0 heterocycles. The number of amides is 2. The molecule has 100 valence electrons. The molecule has 2 amide bonds. The third-order valence-electron chi connectivity index (χ3n) is 1.99. The molecule has 0 radical (unpaired) electrons. The molecule has 1 aromatic rings.